The highest BCUT2D eigenvalue weighted by Gasteiger charge is 2.44. The molecule has 2 aromatic rings. The zero-order valence-electron chi connectivity index (χ0n) is 12.8. The van der Waals surface area contributed by atoms with Gasteiger partial charge in [-0.1, -0.05) is 0 Å². The van der Waals surface area contributed by atoms with Gasteiger partial charge in [0.05, 0.1) is 13.3 Å². The minimum absolute atomic E-state index is 0.0603. The van der Waals surface area contributed by atoms with Gasteiger partial charge in [-0.25, -0.2) is 4.79 Å². The summed E-state index contributed by atoms with van der Waals surface area (Å²) in [4.78, 5) is 23.3. The van der Waals surface area contributed by atoms with Gasteiger partial charge in [-0.15, -0.1) is 0 Å². The van der Waals surface area contributed by atoms with Crippen LogP contribution in [0.4, 0.5) is 5.69 Å². The number of benzene rings is 1. The molecule has 1 saturated carbocycles. The van der Waals surface area contributed by atoms with E-state index in [4.69, 9.17) is 9.84 Å². The molecule has 0 radical (unpaired) electrons. The highest BCUT2D eigenvalue weighted by molar-refractivity contribution is 5.97. The van der Waals surface area contributed by atoms with E-state index in [9.17, 15) is 9.59 Å². The van der Waals surface area contributed by atoms with Crippen LogP contribution < -0.4 is 10.1 Å². The van der Waals surface area contributed by atoms with Gasteiger partial charge in [-0.3, -0.25) is 9.48 Å². The summed E-state index contributed by atoms with van der Waals surface area (Å²) in [6, 6.07) is 4.50. The number of methoxy groups -OCH3 is 1. The lowest BCUT2D eigenvalue weighted by Crippen LogP contribution is -2.15. The molecule has 7 nitrogen and oxygen atoms in total. The molecule has 2 atom stereocenters. The second-order valence-corrected chi connectivity index (χ2v) is 5.61. The number of carboxylic acids is 1. The molecule has 1 aromatic heterocycles. The number of amides is 1. The van der Waals surface area contributed by atoms with Crippen molar-refractivity contribution in [2.24, 2.45) is 13.0 Å². The highest BCUT2D eigenvalue weighted by Crippen LogP contribution is 2.47. The molecule has 1 aliphatic carbocycles. The van der Waals surface area contributed by atoms with Crippen LogP contribution >= 0.6 is 0 Å². The molecular weight excluding hydrogens is 298 g/mol. The number of carboxylic acid groups (broad SMARTS) is 1. The number of nitrogens with one attached hydrogen (secondary N) is 1. The Bertz CT molecular complexity index is 768. The average molecular weight is 315 g/mol. The third-order valence-corrected chi connectivity index (χ3v) is 3.98. The van der Waals surface area contributed by atoms with Gasteiger partial charge in [0.15, 0.2) is 0 Å². The number of hydrogen-bond acceptors (Lipinski definition) is 4. The number of aryl methyl sites for hydroxylation is 1. The topological polar surface area (TPSA) is 93.5 Å². The fourth-order valence-corrected chi connectivity index (χ4v) is 2.67. The standard InChI is InChI=1S/C16H17N3O4/c1-19-8-9(7-17-19)12-6-13(12)15(20)18-10-3-4-11(16(21)22)14(5-10)23-2/h3-5,7-8,12-13H,6H2,1-2H3,(H,18,20)(H,21,22). The molecule has 0 saturated heterocycles. The number of aromatic carboxylic acids is 1. The molecule has 23 heavy (non-hydrogen) atoms. The van der Waals surface area contributed by atoms with Crippen LogP contribution in [0.2, 0.25) is 0 Å². The molecule has 1 aliphatic rings. The van der Waals surface area contributed by atoms with Crippen LogP contribution in [0.5, 0.6) is 5.75 Å². The summed E-state index contributed by atoms with van der Waals surface area (Å²) in [5, 5.41) is 16.0. The minimum atomic E-state index is -1.07. The lowest BCUT2D eigenvalue weighted by Gasteiger charge is -2.09. The summed E-state index contributed by atoms with van der Waals surface area (Å²) in [6.07, 6.45) is 4.49. The molecule has 3 rings (SSSR count). The molecule has 7 heteroatoms. The van der Waals surface area contributed by atoms with Gasteiger partial charge < -0.3 is 15.2 Å². The van der Waals surface area contributed by atoms with E-state index in [1.807, 2.05) is 13.2 Å². The van der Waals surface area contributed by atoms with Crippen LogP contribution in [0.25, 0.3) is 0 Å². The van der Waals surface area contributed by atoms with Crippen LogP contribution in [0.15, 0.2) is 30.6 Å². The Hall–Kier alpha value is -2.83. The summed E-state index contributed by atoms with van der Waals surface area (Å²) < 4.78 is 6.78. The van der Waals surface area contributed by atoms with Gasteiger partial charge in [-0.2, -0.15) is 5.10 Å². The number of hydrogen-bond donors (Lipinski definition) is 2. The van der Waals surface area contributed by atoms with Gasteiger partial charge in [0.2, 0.25) is 5.91 Å². The largest absolute Gasteiger partial charge is 0.496 e. The van der Waals surface area contributed by atoms with Crippen LogP contribution in [-0.4, -0.2) is 33.9 Å². The number of carbonyl (C=O) groups excluding carboxylic acids is 1. The van der Waals surface area contributed by atoms with Crippen molar-refractivity contribution >= 4 is 17.6 Å². The molecule has 0 aliphatic heterocycles. The van der Waals surface area contributed by atoms with Crippen molar-refractivity contribution < 1.29 is 19.4 Å². The number of rotatable bonds is 5. The Morgan fingerprint density at radius 3 is 2.83 bits per heavy atom. The van der Waals surface area contributed by atoms with Gasteiger partial charge in [0.1, 0.15) is 11.3 Å². The maximum atomic E-state index is 12.3. The molecule has 2 N–H and O–H groups in total. The Labute approximate surface area is 132 Å². The fourth-order valence-electron chi connectivity index (χ4n) is 2.67. The van der Waals surface area contributed by atoms with Crippen LogP contribution in [0, 0.1) is 5.92 Å². The van der Waals surface area contributed by atoms with Crippen LogP contribution in [0.1, 0.15) is 28.3 Å². The first-order chi connectivity index (χ1) is 11.0. The van der Waals surface area contributed by atoms with E-state index < -0.39 is 5.97 Å². The first kappa shape index (κ1) is 15.1. The zero-order chi connectivity index (χ0) is 16.6. The molecule has 1 aromatic carbocycles. The minimum Gasteiger partial charge on any atom is -0.496 e. The number of nitrogens with zero attached hydrogens (tertiary/aromatic N) is 2. The Balaban J connectivity index is 1.68. The quantitative estimate of drug-likeness (QED) is 0.878. The second-order valence-electron chi connectivity index (χ2n) is 5.61. The average Bonchev–Trinajstić information content (AvgIpc) is 3.21. The Kier molecular flexibility index (Phi) is 3.77. The van der Waals surface area contributed by atoms with E-state index in [0.29, 0.717) is 5.69 Å². The number of aromatic nitrogens is 2. The molecule has 120 valence electrons. The first-order valence-corrected chi connectivity index (χ1v) is 7.20. The molecule has 0 spiro atoms. The van der Waals surface area contributed by atoms with Crippen molar-refractivity contribution in [2.45, 2.75) is 12.3 Å². The monoisotopic (exact) mass is 315 g/mol. The third-order valence-electron chi connectivity index (χ3n) is 3.98. The van der Waals surface area contributed by atoms with Crippen molar-refractivity contribution in [3.63, 3.8) is 0 Å². The Morgan fingerprint density at radius 1 is 1.43 bits per heavy atom. The van der Waals surface area contributed by atoms with Gasteiger partial charge in [-0.05, 0) is 30.0 Å². The smallest absolute Gasteiger partial charge is 0.339 e. The third kappa shape index (κ3) is 3.03. The van der Waals surface area contributed by atoms with Crippen molar-refractivity contribution in [1.29, 1.82) is 0 Å². The number of ether oxygens (including phenoxy) is 1. The molecular formula is C16H17N3O4. The predicted molar refractivity (Wildman–Crippen MR) is 82.6 cm³/mol. The van der Waals surface area contributed by atoms with Crippen LogP contribution in [0.3, 0.4) is 0 Å². The molecule has 2 unspecified atom stereocenters. The predicted octanol–water partition coefficient (Wildman–Crippen LogP) is 1.87. The maximum absolute atomic E-state index is 12.3. The normalized spacial score (nSPS) is 19.2. The Morgan fingerprint density at radius 2 is 2.22 bits per heavy atom. The van der Waals surface area contributed by atoms with E-state index in [-0.39, 0.29) is 29.1 Å². The van der Waals surface area contributed by atoms with E-state index in [1.165, 1.54) is 19.2 Å². The van der Waals surface area contributed by atoms with E-state index in [2.05, 4.69) is 10.4 Å². The van der Waals surface area contributed by atoms with Crippen LogP contribution in [-0.2, 0) is 11.8 Å². The summed E-state index contributed by atoms with van der Waals surface area (Å²) in [5.41, 5.74) is 1.64. The first-order valence-electron chi connectivity index (χ1n) is 7.20. The van der Waals surface area contributed by atoms with Crippen molar-refractivity contribution in [3.05, 3.63) is 41.7 Å². The van der Waals surface area contributed by atoms with Crippen molar-refractivity contribution in [1.82, 2.24) is 9.78 Å². The van der Waals surface area contributed by atoms with Crippen molar-refractivity contribution in [2.75, 3.05) is 12.4 Å². The molecule has 1 amide bonds. The van der Waals surface area contributed by atoms with Gasteiger partial charge >= 0.3 is 5.97 Å². The highest BCUT2D eigenvalue weighted by atomic mass is 16.5. The summed E-state index contributed by atoms with van der Waals surface area (Å²) in [5.74, 6) is -0.814. The fraction of sp³-hybridized carbons (Fsp3) is 0.312. The maximum Gasteiger partial charge on any atom is 0.339 e. The summed E-state index contributed by atoms with van der Waals surface area (Å²) in [6.45, 7) is 0. The van der Waals surface area contributed by atoms with Gasteiger partial charge in [0, 0.05) is 30.9 Å². The zero-order valence-corrected chi connectivity index (χ0v) is 12.8. The number of carbonyl (C=O) groups is 2. The van der Waals surface area contributed by atoms with Crippen molar-refractivity contribution in [3.8, 4) is 5.75 Å². The summed E-state index contributed by atoms with van der Waals surface area (Å²) >= 11 is 0. The second kappa shape index (κ2) is 5.75. The summed E-state index contributed by atoms with van der Waals surface area (Å²) in [7, 11) is 3.24. The lowest BCUT2D eigenvalue weighted by molar-refractivity contribution is -0.117. The molecule has 1 fully saturated rings. The van der Waals surface area contributed by atoms with E-state index in [0.717, 1.165) is 12.0 Å². The van der Waals surface area contributed by atoms with E-state index >= 15 is 0 Å². The van der Waals surface area contributed by atoms with Gasteiger partial charge in [0.25, 0.3) is 0 Å². The molecule has 0 bridgehead atoms. The lowest BCUT2D eigenvalue weighted by atomic mass is 10.1. The van der Waals surface area contributed by atoms with E-state index in [1.54, 1.807) is 16.9 Å². The SMILES string of the molecule is COc1cc(NC(=O)C2CC2c2cnn(C)c2)ccc1C(=O)O. The number of anilines is 1. The molecule has 1 heterocycles.